The maximum atomic E-state index is 13.7. The Kier molecular flexibility index (Phi) is 10.4. The highest BCUT2D eigenvalue weighted by atomic mass is 19.4. The van der Waals surface area contributed by atoms with Crippen molar-refractivity contribution in [2.75, 3.05) is 18.1 Å². The van der Waals surface area contributed by atoms with Gasteiger partial charge in [-0.25, -0.2) is 4.79 Å². The Hall–Kier alpha value is -4.38. The molecular weight excluding hydrogens is 561 g/mol. The average Bonchev–Trinajstić information content (AvgIpc) is 3.11. The average molecular weight is 597 g/mol. The highest BCUT2D eigenvalue weighted by Crippen LogP contribution is 2.36. The van der Waals surface area contributed by atoms with Gasteiger partial charge in [0.25, 0.3) is 0 Å². The summed E-state index contributed by atoms with van der Waals surface area (Å²) in [4.78, 5) is 39.4. The zero-order valence-corrected chi connectivity index (χ0v) is 23.8. The molecule has 4 amide bonds. The summed E-state index contributed by atoms with van der Waals surface area (Å²) in [6.45, 7) is 2.21. The molecule has 0 unspecified atom stereocenters. The van der Waals surface area contributed by atoms with E-state index >= 15 is 0 Å². The zero-order valence-electron chi connectivity index (χ0n) is 23.8. The number of nitrogens with one attached hydrogen (secondary N) is 3. The number of fused-ring (bicyclic) bond motifs is 1. The molecule has 0 radical (unpaired) electrons. The second-order valence-electron chi connectivity index (χ2n) is 10.4. The van der Waals surface area contributed by atoms with Crippen molar-refractivity contribution in [3.8, 4) is 11.1 Å². The lowest BCUT2D eigenvalue weighted by Crippen LogP contribution is -2.47. The Morgan fingerprint density at radius 3 is 2.47 bits per heavy atom. The summed E-state index contributed by atoms with van der Waals surface area (Å²) < 4.78 is 40.5. The summed E-state index contributed by atoms with van der Waals surface area (Å²) in [5.41, 5.74) is 3.40. The first-order chi connectivity index (χ1) is 20.6. The van der Waals surface area contributed by atoms with E-state index in [-0.39, 0.29) is 57.3 Å². The number of aryl methyl sites for hydroxylation is 1. The number of aliphatic hydroxyl groups is 1. The first-order valence-corrected chi connectivity index (χ1v) is 14.2. The van der Waals surface area contributed by atoms with Crippen LogP contribution in [0.25, 0.3) is 11.1 Å². The van der Waals surface area contributed by atoms with Crippen LogP contribution in [0.4, 0.5) is 23.7 Å². The van der Waals surface area contributed by atoms with Crippen molar-refractivity contribution in [3.63, 3.8) is 0 Å². The Bertz CT molecular complexity index is 1440. The summed E-state index contributed by atoms with van der Waals surface area (Å²) in [5.74, 6) is -0.644. The standard InChI is InChI=1S/C32H35F3N4O4/c1-2-5-29(41)38-27-14-12-23-18-25(32(33,34)35)13-15-28(23)39(30(27)42)20-21-8-10-22(11-9-21)26-7-4-3-6-24(26)19-37-31(43)36-16-17-40/h3-4,6-11,13,15,18,27,40H,2,5,12,14,16-17,19-20H2,1H3,(H,38,41)(H2,36,37,43)/t27-/m1/s1. The van der Waals surface area contributed by atoms with Crippen LogP contribution in [0.3, 0.4) is 0 Å². The quantitative estimate of drug-likeness (QED) is 0.266. The number of aliphatic hydroxyl groups excluding tert-OH is 1. The van der Waals surface area contributed by atoms with Crippen molar-refractivity contribution >= 4 is 23.5 Å². The second kappa shape index (κ2) is 14.2. The molecular formula is C32H35F3N4O4. The van der Waals surface area contributed by atoms with Crippen LogP contribution in [0.15, 0.2) is 66.7 Å². The van der Waals surface area contributed by atoms with Gasteiger partial charge in [-0.1, -0.05) is 55.5 Å². The van der Waals surface area contributed by atoms with Crippen LogP contribution in [0.1, 0.15) is 48.4 Å². The third-order valence-corrected chi connectivity index (χ3v) is 7.24. The number of halogens is 3. The van der Waals surface area contributed by atoms with E-state index in [0.29, 0.717) is 17.7 Å². The number of hydrogen-bond donors (Lipinski definition) is 4. The van der Waals surface area contributed by atoms with E-state index in [1.54, 1.807) is 0 Å². The van der Waals surface area contributed by atoms with E-state index in [1.807, 2.05) is 55.5 Å². The summed E-state index contributed by atoms with van der Waals surface area (Å²) in [7, 11) is 0. The fourth-order valence-electron chi connectivity index (χ4n) is 5.08. The molecule has 0 saturated carbocycles. The number of anilines is 1. The number of carbonyl (C=O) groups is 3. The maximum absolute atomic E-state index is 13.7. The Morgan fingerprint density at radius 1 is 1.02 bits per heavy atom. The number of amides is 4. The van der Waals surface area contributed by atoms with Crippen LogP contribution in [0.5, 0.6) is 0 Å². The van der Waals surface area contributed by atoms with Crippen LogP contribution in [0, 0.1) is 0 Å². The van der Waals surface area contributed by atoms with E-state index in [4.69, 9.17) is 5.11 Å². The summed E-state index contributed by atoms with van der Waals surface area (Å²) in [6.07, 6.45) is -3.26. The number of hydrogen-bond acceptors (Lipinski definition) is 4. The van der Waals surface area contributed by atoms with Crippen molar-refractivity contribution in [1.82, 2.24) is 16.0 Å². The molecule has 1 aliphatic rings. The summed E-state index contributed by atoms with van der Waals surface area (Å²) in [5, 5.41) is 17.0. The predicted molar refractivity (Wildman–Crippen MR) is 157 cm³/mol. The van der Waals surface area contributed by atoms with Gasteiger partial charge in [0.2, 0.25) is 11.8 Å². The van der Waals surface area contributed by atoms with Crippen LogP contribution in [-0.2, 0) is 35.3 Å². The largest absolute Gasteiger partial charge is 0.416 e. The fraction of sp³-hybridized carbons (Fsp3) is 0.344. The molecule has 0 bridgehead atoms. The first kappa shape index (κ1) is 31.6. The van der Waals surface area contributed by atoms with Crippen molar-refractivity contribution in [1.29, 1.82) is 0 Å². The van der Waals surface area contributed by atoms with Crippen LogP contribution in [0.2, 0.25) is 0 Å². The predicted octanol–water partition coefficient (Wildman–Crippen LogP) is 4.93. The topological polar surface area (TPSA) is 111 Å². The van der Waals surface area contributed by atoms with E-state index < -0.39 is 23.8 Å². The third-order valence-electron chi connectivity index (χ3n) is 7.24. The molecule has 8 nitrogen and oxygen atoms in total. The van der Waals surface area contributed by atoms with E-state index in [9.17, 15) is 27.6 Å². The van der Waals surface area contributed by atoms with E-state index in [1.165, 1.54) is 11.0 Å². The minimum atomic E-state index is -4.52. The molecule has 0 aliphatic carbocycles. The minimum Gasteiger partial charge on any atom is -0.395 e. The van der Waals surface area contributed by atoms with Gasteiger partial charge < -0.3 is 26.0 Å². The zero-order chi connectivity index (χ0) is 31.0. The Labute approximate surface area is 248 Å². The molecule has 0 fully saturated rings. The molecule has 3 aromatic carbocycles. The van der Waals surface area contributed by atoms with E-state index in [0.717, 1.165) is 34.4 Å². The van der Waals surface area contributed by atoms with Crippen molar-refractivity contribution in [2.24, 2.45) is 0 Å². The molecule has 43 heavy (non-hydrogen) atoms. The second-order valence-corrected chi connectivity index (χ2v) is 10.4. The highest BCUT2D eigenvalue weighted by molar-refractivity contribution is 6.00. The number of carbonyl (C=O) groups excluding carboxylic acids is 3. The van der Waals surface area contributed by atoms with Gasteiger partial charge in [-0.15, -0.1) is 0 Å². The number of alkyl halides is 3. The van der Waals surface area contributed by atoms with Gasteiger partial charge in [-0.3, -0.25) is 9.59 Å². The normalized spacial score (nSPS) is 15.0. The molecule has 228 valence electrons. The number of rotatable bonds is 10. The van der Waals surface area contributed by atoms with Gasteiger partial charge in [0.05, 0.1) is 18.7 Å². The Balaban J connectivity index is 1.59. The van der Waals surface area contributed by atoms with Gasteiger partial charge in [0.15, 0.2) is 0 Å². The lowest BCUT2D eigenvalue weighted by Gasteiger charge is -2.27. The third kappa shape index (κ3) is 8.13. The van der Waals surface area contributed by atoms with Crippen LogP contribution < -0.4 is 20.9 Å². The number of benzene rings is 3. The van der Waals surface area contributed by atoms with Gasteiger partial charge >= 0.3 is 12.2 Å². The van der Waals surface area contributed by atoms with Gasteiger partial charge in [0.1, 0.15) is 6.04 Å². The molecule has 3 aromatic rings. The maximum Gasteiger partial charge on any atom is 0.416 e. The van der Waals surface area contributed by atoms with Crippen molar-refractivity contribution in [2.45, 2.75) is 57.9 Å². The Morgan fingerprint density at radius 2 is 1.77 bits per heavy atom. The molecule has 0 saturated heterocycles. The van der Waals surface area contributed by atoms with E-state index in [2.05, 4.69) is 16.0 Å². The van der Waals surface area contributed by atoms with Crippen LogP contribution in [-0.4, -0.2) is 42.1 Å². The molecule has 0 aromatic heterocycles. The minimum absolute atomic E-state index is 0.103. The van der Waals surface area contributed by atoms with Gasteiger partial charge in [-0.05, 0) is 65.3 Å². The SMILES string of the molecule is CCCC(=O)N[C@@H]1CCc2cc(C(F)(F)F)ccc2N(Cc2ccc(-c3ccccc3CNC(=O)NCCO)cc2)C1=O. The number of urea groups is 1. The molecule has 4 rings (SSSR count). The summed E-state index contributed by atoms with van der Waals surface area (Å²) >= 11 is 0. The fourth-order valence-corrected chi connectivity index (χ4v) is 5.08. The lowest BCUT2D eigenvalue weighted by molar-refractivity contribution is -0.137. The molecule has 4 N–H and O–H groups in total. The lowest BCUT2D eigenvalue weighted by atomic mass is 9.98. The van der Waals surface area contributed by atoms with Crippen LogP contribution >= 0.6 is 0 Å². The molecule has 1 heterocycles. The van der Waals surface area contributed by atoms with Crippen molar-refractivity contribution < 1.29 is 32.7 Å². The first-order valence-electron chi connectivity index (χ1n) is 14.2. The molecule has 0 spiro atoms. The van der Waals surface area contributed by atoms with Gasteiger partial charge in [-0.2, -0.15) is 13.2 Å². The highest BCUT2D eigenvalue weighted by Gasteiger charge is 2.35. The monoisotopic (exact) mass is 596 g/mol. The summed E-state index contributed by atoms with van der Waals surface area (Å²) in [6, 6.07) is 17.2. The smallest absolute Gasteiger partial charge is 0.395 e. The molecule has 1 atom stereocenters. The molecule has 11 heteroatoms. The van der Waals surface area contributed by atoms with Gasteiger partial charge in [0, 0.05) is 25.2 Å². The number of nitrogens with zero attached hydrogens (tertiary/aromatic N) is 1. The van der Waals surface area contributed by atoms with Crippen molar-refractivity contribution in [3.05, 3.63) is 89.0 Å². The molecule has 1 aliphatic heterocycles.